The number of ketones is 1. The summed E-state index contributed by atoms with van der Waals surface area (Å²) in [5, 5.41) is 0. The summed E-state index contributed by atoms with van der Waals surface area (Å²) in [4.78, 5) is 11.6. The van der Waals surface area contributed by atoms with Crippen LogP contribution in [0.3, 0.4) is 0 Å². The molecule has 0 heterocycles. The fraction of sp³-hybridized carbons (Fsp3) is 0.632. The third-order valence-corrected chi connectivity index (χ3v) is 4.48. The van der Waals surface area contributed by atoms with Gasteiger partial charge in [-0.3, -0.25) is 4.79 Å². The first-order valence-electron chi connectivity index (χ1n) is 8.21. The second-order valence-corrected chi connectivity index (χ2v) is 5.82. The molecule has 0 radical (unpaired) electrons. The minimum atomic E-state index is 0.367. The number of ether oxygens (including phenoxy) is 1. The molecule has 0 N–H and O–H groups in total. The van der Waals surface area contributed by atoms with Crippen molar-refractivity contribution in [1.82, 2.24) is 0 Å². The molecule has 118 valence electrons. The number of carbonyl (C=O) groups excluding carboxylic acids is 1. The van der Waals surface area contributed by atoms with Gasteiger partial charge in [-0.15, -0.1) is 0 Å². The first-order chi connectivity index (χ1) is 9.96. The summed E-state index contributed by atoms with van der Waals surface area (Å²) in [7, 11) is 0. The van der Waals surface area contributed by atoms with Gasteiger partial charge in [0, 0.05) is 12.8 Å². The number of aryl methyl sites for hydroxylation is 1. The van der Waals surface area contributed by atoms with Crippen molar-refractivity contribution in [1.29, 1.82) is 0 Å². The molecule has 1 atom stereocenters. The van der Waals surface area contributed by atoms with E-state index in [0.29, 0.717) is 31.1 Å². The molecule has 1 unspecified atom stereocenters. The Morgan fingerprint density at radius 1 is 1.14 bits per heavy atom. The van der Waals surface area contributed by atoms with E-state index in [0.717, 1.165) is 18.6 Å². The van der Waals surface area contributed by atoms with Gasteiger partial charge in [0.05, 0.1) is 6.61 Å². The lowest BCUT2D eigenvalue weighted by Crippen LogP contribution is -2.08. The predicted octanol–water partition coefficient (Wildman–Crippen LogP) is 5.26. The van der Waals surface area contributed by atoms with Crippen LogP contribution in [-0.4, -0.2) is 12.4 Å². The largest absolute Gasteiger partial charge is 0.494 e. The van der Waals surface area contributed by atoms with Crippen molar-refractivity contribution in [3.8, 4) is 5.75 Å². The Morgan fingerprint density at radius 3 is 2.33 bits per heavy atom. The van der Waals surface area contributed by atoms with Gasteiger partial charge >= 0.3 is 0 Å². The highest BCUT2D eigenvalue weighted by Gasteiger charge is 2.19. The second-order valence-electron chi connectivity index (χ2n) is 5.82. The van der Waals surface area contributed by atoms with Crippen LogP contribution in [0, 0.1) is 20.8 Å². The van der Waals surface area contributed by atoms with Crippen LogP contribution < -0.4 is 4.74 Å². The normalized spacial score (nSPS) is 12.3. The van der Waals surface area contributed by atoms with Gasteiger partial charge in [-0.1, -0.05) is 13.8 Å². The Labute approximate surface area is 129 Å². The summed E-state index contributed by atoms with van der Waals surface area (Å²) in [5.41, 5.74) is 5.27. The lowest BCUT2D eigenvalue weighted by Gasteiger charge is -2.23. The van der Waals surface area contributed by atoms with Crippen LogP contribution in [0.1, 0.15) is 74.6 Å². The molecule has 0 saturated carbocycles. The molecule has 0 saturated heterocycles. The van der Waals surface area contributed by atoms with Crippen LogP contribution in [0.25, 0.3) is 0 Å². The fourth-order valence-electron chi connectivity index (χ4n) is 3.06. The van der Waals surface area contributed by atoms with E-state index in [9.17, 15) is 4.79 Å². The summed E-state index contributed by atoms with van der Waals surface area (Å²) in [5.74, 6) is 1.83. The zero-order chi connectivity index (χ0) is 16.0. The Bertz CT molecular complexity index is 489. The highest BCUT2D eigenvalue weighted by atomic mass is 16.5. The standard InChI is InChI=1S/C19H30O2/c1-7-16(10-11-17(20)8-2)19-13(4)12-18(21-9-3)14(5)15(19)6/h12,16H,7-11H2,1-6H3. The van der Waals surface area contributed by atoms with Gasteiger partial charge in [0.1, 0.15) is 11.5 Å². The van der Waals surface area contributed by atoms with Crippen LogP contribution in [0.4, 0.5) is 0 Å². The van der Waals surface area contributed by atoms with Gasteiger partial charge in [-0.25, -0.2) is 0 Å². The van der Waals surface area contributed by atoms with E-state index < -0.39 is 0 Å². The molecule has 0 bridgehead atoms. The van der Waals surface area contributed by atoms with Crippen LogP contribution >= 0.6 is 0 Å². The van der Waals surface area contributed by atoms with E-state index in [2.05, 4.69) is 33.8 Å². The van der Waals surface area contributed by atoms with Crippen molar-refractivity contribution >= 4 is 5.78 Å². The molecule has 0 fully saturated rings. The molecule has 1 aromatic rings. The van der Waals surface area contributed by atoms with E-state index in [1.165, 1.54) is 22.3 Å². The van der Waals surface area contributed by atoms with Gasteiger partial charge in [0.2, 0.25) is 0 Å². The topological polar surface area (TPSA) is 26.3 Å². The summed E-state index contributed by atoms with van der Waals surface area (Å²) < 4.78 is 5.73. The minimum Gasteiger partial charge on any atom is -0.494 e. The molecule has 0 aliphatic heterocycles. The SMILES string of the molecule is CCOc1cc(C)c(C(CC)CCC(=O)CC)c(C)c1C. The number of carbonyl (C=O) groups is 1. The third kappa shape index (κ3) is 4.33. The van der Waals surface area contributed by atoms with Crippen molar-refractivity contribution in [3.63, 3.8) is 0 Å². The van der Waals surface area contributed by atoms with Gasteiger partial charge in [0.25, 0.3) is 0 Å². The maximum Gasteiger partial charge on any atom is 0.132 e. The molecule has 0 amide bonds. The van der Waals surface area contributed by atoms with Crippen molar-refractivity contribution in [2.24, 2.45) is 0 Å². The summed E-state index contributed by atoms with van der Waals surface area (Å²) in [6, 6.07) is 2.16. The van der Waals surface area contributed by atoms with E-state index in [1.54, 1.807) is 0 Å². The van der Waals surface area contributed by atoms with Gasteiger partial charge in [-0.05, 0) is 74.8 Å². The first-order valence-corrected chi connectivity index (χ1v) is 8.21. The Hall–Kier alpha value is -1.31. The van der Waals surface area contributed by atoms with Gasteiger partial charge in [-0.2, -0.15) is 0 Å². The smallest absolute Gasteiger partial charge is 0.132 e. The molecule has 0 aliphatic carbocycles. The Kier molecular flexibility index (Phi) is 6.94. The molecule has 1 rings (SSSR count). The number of Topliss-reactive ketones (excluding diaryl/α,β-unsaturated/α-hetero) is 1. The van der Waals surface area contributed by atoms with E-state index in [1.807, 2.05) is 13.8 Å². The maximum atomic E-state index is 11.6. The molecule has 21 heavy (non-hydrogen) atoms. The summed E-state index contributed by atoms with van der Waals surface area (Å²) in [6.07, 6.45) is 3.38. The highest BCUT2D eigenvalue weighted by Crippen LogP contribution is 2.36. The van der Waals surface area contributed by atoms with Crippen molar-refractivity contribution < 1.29 is 9.53 Å². The molecular formula is C19H30O2. The second kappa shape index (κ2) is 8.21. The fourth-order valence-corrected chi connectivity index (χ4v) is 3.06. The first kappa shape index (κ1) is 17.7. The number of hydrogen-bond donors (Lipinski definition) is 0. The van der Waals surface area contributed by atoms with Crippen LogP contribution in [0.15, 0.2) is 6.07 Å². The monoisotopic (exact) mass is 290 g/mol. The lowest BCUT2D eigenvalue weighted by molar-refractivity contribution is -0.118. The maximum absolute atomic E-state index is 11.6. The molecule has 2 nitrogen and oxygen atoms in total. The Morgan fingerprint density at radius 2 is 1.81 bits per heavy atom. The minimum absolute atomic E-state index is 0.367. The molecule has 2 heteroatoms. The number of benzene rings is 1. The van der Waals surface area contributed by atoms with Crippen LogP contribution in [0.5, 0.6) is 5.75 Å². The average Bonchev–Trinajstić information content (AvgIpc) is 2.47. The van der Waals surface area contributed by atoms with E-state index >= 15 is 0 Å². The third-order valence-electron chi connectivity index (χ3n) is 4.48. The summed E-state index contributed by atoms with van der Waals surface area (Å²) >= 11 is 0. The highest BCUT2D eigenvalue weighted by molar-refractivity contribution is 5.78. The van der Waals surface area contributed by atoms with E-state index in [-0.39, 0.29) is 0 Å². The molecular weight excluding hydrogens is 260 g/mol. The van der Waals surface area contributed by atoms with Crippen molar-refractivity contribution in [2.45, 2.75) is 73.1 Å². The molecule has 0 aliphatic rings. The number of rotatable bonds is 8. The van der Waals surface area contributed by atoms with Crippen LogP contribution in [-0.2, 0) is 4.79 Å². The quantitative estimate of drug-likeness (QED) is 0.652. The van der Waals surface area contributed by atoms with Gasteiger partial charge < -0.3 is 4.74 Å². The zero-order valence-corrected chi connectivity index (χ0v) is 14.5. The average molecular weight is 290 g/mol. The molecule has 0 spiro atoms. The van der Waals surface area contributed by atoms with Gasteiger partial charge in [0.15, 0.2) is 0 Å². The van der Waals surface area contributed by atoms with Crippen molar-refractivity contribution in [3.05, 3.63) is 28.3 Å². The molecule has 1 aromatic carbocycles. The summed E-state index contributed by atoms with van der Waals surface area (Å²) in [6.45, 7) is 13.4. The zero-order valence-electron chi connectivity index (χ0n) is 14.5. The Balaban J connectivity index is 3.09. The molecule has 0 aromatic heterocycles. The van der Waals surface area contributed by atoms with Crippen LogP contribution in [0.2, 0.25) is 0 Å². The predicted molar refractivity (Wildman–Crippen MR) is 89.4 cm³/mol. The van der Waals surface area contributed by atoms with Crippen molar-refractivity contribution in [2.75, 3.05) is 6.61 Å². The van der Waals surface area contributed by atoms with E-state index in [4.69, 9.17) is 4.74 Å². The number of hydrogen-bond acceptors (Lipinski definition) is 2. The lowest BCUT2D eigenvalue weighted by atomic mass is 9.83.